The number of nitrogens with zero attached hydrogens (tertiary/aromatic N) is 5. The van der Waals surface area contributed by atoms with Crippen LogP contribution in [0.25, 0.3) is 5.69 Å². The molecule has 2 atom stereocenters. The van der Waals surface area contributed by atoms with Crippen LogP contribution < -0.4 is 4.90 Å². The zero-order valence-electron chi connectivity index (χ0n) is 28.0. The summed E-state index contributed by atoms with van der Waals surface area (Å²) in [6.07, 6.45) is -9.44. The van der Waals surface area contributed by atoms with Gasteiger partial charge in [0.05, 0.1) is 29.4 Å². The van der Waals surface area contributed by atoms with E-state index >= 15 is 0 Å². The second-order valence-electron chi connectivity index (χ2n) is 12.5. The molecule has 1 fully saturated rings. The van der Waals surface area contributed by atoms with Gasteiger partial charge in [-0.25, -0.2) is 9.07 Å². The SMILES string of the molecule is CCN1C(=O)[C@@H](CC(=O)c2cccc(C(F)(F)F)c2)[C@@H](c2ccc(F)cc2)c2c(CN3CCN(CC(F)(F)F)CC3)nn(-c3ccccc3)c21.S.S. The monoisotopic (exact) mass is 769 g/mol. The Morgan fingerprint density at radius 2 is 1.48 bits per heavy atom. The standard InChI is InChI=1S/C36H34F7N5O2.2H2S/c1-2-47-33-32(29(44-48(33)27-9-4-3-5-10-27)21-45-15-17-46(18-16-45)22-35(38,39)40)31(23-11-13-26(37)14-12-23)28(34(47)50)20-30(49)24-7-6-8-25(19-24)36(41,42)43;;/h3-14,19,28,31H,2,15-18,20-22H2,1H3;2*1H2/t28-,31+;;/m0../s1. The summed E-state index contributed by atoms with van der Waals surface area (Å²) in [6.45, 7) is 2.11. The average molecular weight is 770 g/mol. The third-order valence-electron chi connectivity index (χ3n) is 9.23. The Hall–Kier alpha value is -3.86. The number of amides is 1. The number of halogens is 7. The molecule has 7 nitrogen and oxygen atoms in total. The lowest BCUT2D eigenvalue weighted by molar-refractivity contribution is -0.149. The summed E-state index contributed by atoms with van der Waals surface area (Å²) in [5, 5.41) is 4.97. The van der Waals surface area contributed by atoms with Crippen molar-refractivity contribution in [3.63, 3.8) is 0 Å². The summed E-state index contributed by atoms with van der Waals surface area (Å²) >= 11 is 0. The number of hydrogen-bond donors (Lipinski definition) is 0. The topological polar surface area (TPSA) is 61.7 Å². The molecule has 0 saturated carbocycles. The summed E-state index contributed by atoms with van der Waals surface area (Å²) in [5.74, 6) is -3.15. The van der Waals surface area contributed by atoms with Crippen molar-refractivity contribution in [2.75, 3.05) is 44.2 Å². The number of para-hydroxylation sites is 1. The lowest BCUT2D eigenvalue weighted by atomic mass is 9.74. The largest absolute Gasteiger partial charge is 0.416 e. The van der Waals surface area contributed by atoms with Crippen LogP contribution in [0.1, 0.15) is 52.0 Å². The molecule has 1 aromatic heterocycles. The molecule has 4 aromatic rings. The highest BCUT2D eigenvalue weighted by Crippen LogP contribution is 2.48. The fourth-order valence-corrected chi connectivity index (χ4v) is 6.90. The molecule has 6 rings (SSSR count). The maximum absolute atomic E-state index is 14.5. The second kappa shape index (κ2) is 16.4. The molecule has 52 heavy (non-hydrogen) atoms. The number of ketones is 1. The average Bonchev–Trinajstić information content (AvgIpc) is 3.44. The number of piperazine rings is 1. The Labute approximate surface area is 310 Å². The molecular weight excluding hydrogens is 732 g/mol. The predicted octanol–water partition coefficient (Wildman–Crippen LogP) is 7.32. The normalized spacial score (nSPS) is 18.4. The van der Waals surface area contributed by atoms with Gasteiger partial charge in [-0.05, 0) is 48.9 Å². The smallest absolute Gasteiger partial charge is 0.296 e. The number of hydrogen-bond acceptors (Lipinski definition) is 5. The van der Waals surface area contributed by atoms with E-state index in [2.05, 4.69) is 0 Å². The molecule has 2 aliphatic rings. The maximum Gasteiger partial charge on any atom is 0.416 e. The van der Waals surface area contributed by atoms with E-state index in [0.29, 0.717) is 41.4 Å². The minimum absolute atomic E-state index is 0. The summed E-state index contributed by atoms with van der Waals surface area (Å²) in [4.78, 5) is 33.0. The van der Waals surface area contributed by atoms with Gasteiger partial charge >= 0.3 is 12.4 Å². The van der Waals surface area contributed by atoms with E-state index in [4.69, 9.17) is 5.10 Å². The van der Waals surface area contributed by atoms with Gasteiger partial charge in [0.2, 0.25) is 5.91 Å². The zero-order chi connectivity index (χ0) is 35.8. The molecule has 1 amide bonds. The predicted molar refractivity (Wildman–Crippen MR) is 192 cm³/mol. The molecule has 0 aliphatic carbocycles. The van der Waals surface area contributed by atoms with Crippen molar-refractivity contribution in [3.8, 4) is 5.69 Å². The quantitative estimate of drug-likeness (QED) is 0.132. The fraction of sp³-hybridized carbons (Fsp3) is 0.361. The van der Waals surface area contributed by atoms with Gasteiger partial charge in [-0.3, -0.25) is 24.3 Å². The fourth-order valence-electron chi connectivity index (χ4n) is 6.90. The number of anilines is 1. The van der Waals surface area contributed by atoms with Crippen LogP contribution in [0, 0.1) is 11.7 Å². The number of rotatable bonds is 9. The van der Waals surface area contributed by atoms with Gasteiger partial charge < -0.3 is 0 Å². The first kappa shape index (κ1) is 40.9. The number of aromatic nitrogens is 2. The first-order valence-electron chi connectivity index (χ1n) is 16.2. The first-order valence-corrected chi connectivity index (χ1v) is 16.2. The van der Waals surface area contributed by atoms with E-state index in [0.717, 1.165) is 18.2 Å². The van der Waals surface area contributed by atoms with E-state index in [1.807, 2.05) is 11.0 Å². The van der Waals surface area contributed by atoms with Gasteiger partial charge in [-0.2, -0.15) is 58.4 Å². The van der Waals surface area contributed by atoms with Crippen molar-refractivity contribution >= 4 is 44.5 Å². The molecular formula is C36H38F7N5O2S2. The molecule has 0 unspecified atom stereocenters. The van der Waals surface area contributed by atoms with Crippen LogP contribution in [-0.2, 0) is 17.5 Å². The highest BCUT2D eigenvalue weighted by Gasteiger charge is 2.46. The van der Waals surface area contributed by atoms with Gasteiger partial charge in [0.15, 0.2) is 5.78 Å². The molecule has 0 radical (unpaired) electrons. The molecule has 0 N–H and O–H groups in total. The molecule has 280 valence electrons. The van der Waals surface area contributed by atoms with Gasteiger partial charge in [0, 0.05) is 62.7 Å². The summed E-state index contributed by atoms with van der Waals surface area (Å²) in [6, 6.07) is 18.6. The zero-order valence-corrected chi connectivity index (χ0v) is 30.0. The van der Waals surface area contributed by atoms with Crippen molar-refractivity contribution in [2.45, 2.75) is 38.2 Å². The van der Waals surface area contributed by atoms with Crippen LogP contribution in [0.15, 0.2) is 78.9 Å². The van der Waals surface area contributed by atoms with Crippen LogP contribution >= 0.6 is 27.0 Å². The third-order valence-corrected chi connectivity index (χ3v) is 9.23. The lowest BCUT2D eigenvalue weighted by Crippen LogP contribution is -2.49. The molecule has 0 spiro atoms. The second-order valence-corrected chi connectivity index (χ2v) is 12.5. The molecule has 1 saturated heterocycles. The first-order chi connectivity index (χ1) is 23.7. The molecule has 0 bridgehead atoms. The number of benzene rings is 3. The van der Waals surface area contributed by atoms with E-state index < -0.39 is 60.2 Å². The minimum Gasteiger partial charge on any atom is -0.296 e. The number of Topliss-reactive ketones (excluding diaryl/α,β-unsaturated/α-hetero) is 1. The van der Waals surface area contributed by atoms with Crippen LogP contribution in [-0.4, -0.2) is 76.7 Å². The highest BCUT2D eigenvalue weighted by molar-refractivity contribution is 7.59. The molecule has 16 heteroatoms. The van der Waals surface area contributed by atoms with Crippen molar-refractivity contribution in [2.24, 2.45) is 5.92 Å². The van der Waals surface area contributed by atoms with Crippen LogP contribution in [0.4, 0.5) is 36.6 Å². The van der Waals surface area contributed by atoms with Gasteiger partial charge in [0.25, 0.3) is 0 Å². The Kier molecular flexibility index (Phi) is 12.9. The summed E-state index contributed by atoms with van der Waals surface area (Å²) < 4.78 is 95.7. The van der Waals surface area contributed by atoms with Crippen molar-refractivity contribution in [3.05, 3.63) is 113 Å². The van der Waals surface area contributed by atoms with E-state index in [1.54, 1.807) is 35.9 Å². The minimum atomic E-state index is -4.68. The van der Waals surface area contributed by atoms with Crippen LogP contribution in [0.3, 0.4) is 0 Å². The maximum atomic E-state index is 14.5. The Balaban J connectivity index is 0.00000302. The van der Waals surface area contributed by atoms with E-state index in [9.17, 15) is 40.3 Å². The molecule has 3 aromatic carbocycles. The van der Waals surface area contributed by atoms with Gasteiger partial charge in [-0.1, -0.05) is 42.5 Å². The highest BCUT2D eigenvalue weighted by atomic mass is 32.1. The number of alkyl halides is 6. The van der Waals surface area contributed by atoms with E-state index in [1.165, 1.54) is 40.1 Å². The van der Waals surface area contributed by atoms with Gasteiger partial charge in [0.1, 0.15) is 11.6 Å². The van der Waals surface area contributed by atoms with Crippen molar-refractivity contribution < 1.29 is 40.3 Å². The van der Waals surface area contributed by atoms with Crippen molar-refractivity contribution in [1.29, 1.82) is 0 Å². The number of fused-ring (bicyclic) bond motifs is 1. The Morgan fingerprint density at radius 1 is 0.846 bits per heavy atom. The Morgan fingerprint density at radius 3 is 2.08 bits per heavy atom. The van der Waals surface area contributed by atoms with E-state index in [-0.39, 0.29) is 58.7 Å². The summed E-state index contributed by atoms with van der Waals surface area (Å²) in [7, 11) is 0. The Bertz CT molecular complexity index is 1840. The van der Waals surface area contributed by atoms with Crippen LogP contribution in [0.5, 0.6) is 0 Å². The number of carbonyl (C=O) groups excluding carboxylic acids is 2. The molecule has 2 aliphatic heterocycles. The summed E-state index contributed by atoms with van der Waals surface area (Å²) in [5.41, 5.74) is 1.05. The lowest BCUT2D eigenvalue weighted by Gasteiger charge is -2.39. The molecule has 3 heterocycles. The number of carbonyl (C=O) groups is 2. The van der Waals surface area contributed by atoms with Crippen molar-refractivity contribution in [1.82, 2.24) is 19.6 Å². The van der Waals surface area contributed by atoms with Gasteiger partial charge in [-0.15, -0.1) is 0 Å². The van der Waals surface area contributed by atoms with Crippen LogP contribution in [0.2, 0.25) is 0 Å². The third kappa shape index (κ3) is 8.84.